The number of ether oxygens (including phenoxy) is 4. The molecule has 1 aromatic carbocycles. The summed E-state index contributed by atoms with van der Waals surface area (Å²) in [4.78, 5) is 48.7. The Kier molecular flexibility index (Phi) is 15.8. The summed E-state index contributed by atoms with van der Waals surface area (Å²) < 4.78 is 21.4. The van der Waals surface area contributed by atoms with Gasteiger partial charge in [0.2, 0.25) is 0 Å². The van der Waals surface area contributed by atoms with Crippen LogP contribution in [0.25, 0.3) is 0 Å². The largest absolute Gasteiger partial charge is 0.508 e. The Bertz CT molecular complexity index is 931. The molecule has 0 bridgehead atoms. The number of carbonyl (C=O) groups excluding carboxylic acids is 3. The lowest BCUT2D eigenvalue weighted by Crippen LogP contribution is -2.38. The summed E-state index contributed by atoms with van der Waals surface area (Å²) in [5.41, 5.74) is 6.45. The van der Waals surface area contributed by atoms with Gasteiger partial charge in [0.1, 0.15) is 12.1 Å². The molecule has 0 aliphatic rings. The monoisotopic (exact) mass is 551 g/mol. The summed E-state index contributed by atoms with van der Waals surface area (Å²) in [5, 5.41) is 9.65. The Balaban J connectivity index is 3.22. The fourth-order valence-corrected chi connectivity index (χ4v) is 3.81. The Morgan fingerprint density at radius 2 is 1.44 bits per heavy atom. The van der Waals surface area contributed by atoms with Crippen LogP contribution in [-0.4, -0.2) is 47.9 Å². The van der Waals surface area contributed by atoms with E-state index in [-0.39, 0.29) is 43.3 Å². The highest BCUT2D eigenvalue weighted by molar-refractivity contribution is 5.77. The molecule has 2 unspecified atom stereocenters. The summed E-state index contributed by atoms with van der Waals surface area (Å²) in [5.74, 6) is -2.82. The molecule has 0 radical (unpaired) electrons. The first-order valence-corrected chi connectivity index (χ1v) is 13.8. The number of nitrogens with two attached hydrogens (primary N) is 1. The molecule has 0 heterocycles. The maximum Gasteiger partial charge on any atom is 0.508 e. The molecule has 10 nitrogen and oxygen atoms in total. The second kappa shape index (κ2) is 18.2. The number of carboxylic acids is 1. The van der Waals surface area contributed by atoms with Crippen molar-refractivity contribution in [3.63, 3.8) is 0 Å². The number of hydrogen-bond acceptors (Lipinski definition) is 9. The first kappa shape index (κ1) is 33.9. The second-order valence-corrected chi connectivity index (χ2v) is 10.2. The van der Waals surface area contributed by atoms with Gasteiger partial charge < -0.3 is 29.8 Å². The van der Waals surface area contributed by atoms with Gasteiger partial charge in [-0.25, -0.2) is 4.79 Å². The van der Waals surface area contributed by atoms with Crippen LogP contribution in [0.4, 0.5) is 4.79 Å². The van der Waals surface area contributed by atoms with Crippen molar-refractivity contribution in [3.05, 3.63) is 23.8 Å². The zero-order chi connectivity index (χ0) is 29.4. The van der Waals surface area contributed by atoms with E-state index in [0.29, 0.717) is 18.4 Å². The van der Waals surface area contributed by atoms with E-state index in [2.05, 4.69) is 0 Å². The van der Waals surface area contributed by atoms with E-state index >= 15 is 0 Å². The van der Waals surface area contributed by atoms with Gasteiger partial charge >= 0.3 is 24.1 Å². The van der Waals surface area contributed by atoms with E-state index in [1.165, 1.54) is 12.1 Å². The number of hydrogen-bond donors (Lipinski definition) is 2. The van der Waals surface area contributed by atoms with Crippen molar-refractivity contribution >= 4 is 24.1 Å². The number of aliphatic carboxylic acids is 1. The Hall–Kier alpha value is -3.14. The minimum atomic E-state index is -1.35. The average Bonchev–Trinajstić information content (AvgIpc) is 2.87. The van der Waals surface area contributed by atoms with Crippen LogP contribution in [0.3, 0.4) is 0 Å². The molecular formula is C29H45NO9. The maximum absolute atomic E-state index is 12.5. The molecule has 0 saturated carbocycles. The van der Waals surface area contributed by atoms with E-state index < -0.39 is 42.1 Å². The number of benzene rings is 1. The van der Waals surface area contributed by atoms with Crippen LogP contribution in [-0.2, 0) is 23.9 Å². The van der Waals surface area contributed by atoms with Crippen LogP contribution in [0.1, 0.15) is 104 Å². The fraction of sp³-hybridized carbons (Fsp3) is 0.655. The van der Waals surface area contributed by atoms with Gasteiger partial charge in [-0.1, -0.05) is 59.4 Å². The summed E-state index contributed by atoms with van der Waals surface area (Å²) in [6.45, 7) is 9.62. The molecule has 3 atom stereocenters. The summed E-state index contributed by atoms with van der Waals surface area (Å²) in [6.07, 6.45) is 3.83. The van der Waals surface area contributed by atoms with Gasteiger partial charge in [0.05, 0.1) is 6.61 Å². The SMILES string of the molecule is CCCCCC(=O)Oc1ccc(C(CC(C)OC(=O)OCC(C)C)[C@H](N)C(=O)O)cc1OC(=O)CCCCC. The highest BCUT2D eigenvalue weighted by Gasteiger charge is 2.30. The van der Waals surface area contributed by atoms with Crippen molar-refractivity contribution in [3.8, 4) is 11.5 Å². The number of carbonyl (C=O) groups is 4. The molecule has 0 spiro atoms. The number of rotatable bonds is 18. The van der Waals surface area contributed by atoms with Crippen molar-refractivity contribution in [2.75, 3.05) is 6.61 Å². The van der Waals surface area contributed by atoms with Gasteiger partial charge in [-0.3, -0.25) is 14.4 Å². The Morgan fingerprint density at radius 1 is 0.872 bits per heavy atom. The quantitative estimate of drug-likeness (QED) is 0.131. The van der Waals surface area contributed by atoms with E-state index in [9.17, 15) is 24.3 Å². The third kappa shape index (κ3) is 13.5. The molecule has 1 rings (SSSR count). The normalized spacial score (nSPS) is 13.3. The van der Waals surface area contributed by atoms with Crippen LogP contribution in [0.2, 0.25) is 0 Å². The smallest absolute Gasteiger partial charge is 0.480 e. The minimum absolute atomic E-state index is 0.00495. The molecule has 1 aromatic rings. The van der Waals surface area contributed by atoms with E-state index in [1.807, 2.05) is 27.7 Å². The van der Waals surface area contributed by atoms with E-state index in [4.69, 9.17) is 24.7 Å². The van der Waals surface area contributed by atoms with Gasteiger partial charge in [0.15, 0.2) is 11.5 Å². The molecule has 0 amide bonds. The van der Waals surface area contributed by atoms with Crippen LogP contribution >= 0.6 is 0 Å². The standard InChI is InChI=1S/C29H45NO9/c1-6-8-10-12-25(31)38-23-15-14-21(17-24(23)39-26(32)13-11-9-7-2)22(27(30)28(33)34)16-20(5)37-29(35)36-18-19(3)4/h14-15,17,19-20,22,27H,6-13,16,18,30H2,1-5H3,(H,33,34)/t20?,22?,27-/m0/s1. The summed E-state index contributed by atoms with van der Waals surface area (Å²) in [7, 11) is 0. The predicted molar refractivity (Wildman–Crippen MR) is 146 cm³/mol. The summed E-state index contributed by atoms with van der Waals surface area (Å²) >= 11 is 0. The molecule has 10 heteroatoms. The molecule has 0 aliphatic carbocycles. The number of carboxylic acid groups (broad SMARTS) is 1. The lowest BCUT2D eigenvalue weighted by Gasteiger charge is -2.25. The number of unbranched alkanes of at least 4 members (excludes halogenated alkanes) is 4. The third-order valence-corrected chi connectivity index (χ3v) is 5.95. The lowest BCUT2D eigenvalue weighted by atomic mass is 9.87. The Labute approximate surface area is 231 Å². The zero-order valence-corrected chi connectivity index (χ0v) is 23.9. The van der Waals surface area contributed by atoms with Crippen molar-refractivity contribution in [2.45, 2.75) is 110 Å². The molecule has 0 aliphatic heterocycles. The molecule has 0 aromatic heterocycles. The molecular weight excluding hydrogens is 506 g/mol. The lowest BCUT2D eigenvalue weighted by molar-refractivity contribution is -0.139. The van der Waals surface area contributed by atoms with Gasteiger partial charge in [-0.05, 0) is 49.8 Å². The molecule has 220 valence electrons. The fourth-order valence-electron chi connectivity index (χ4n) is 3.81. The average molecular weight is 552 g/mol. The van der Waals surface area contributed by atoms with Crippen molar-refractivity contribution in [1.29, 1.82) is 0 Å². The van der Waals surface area contributed by atoms with Crippen molar-refractivity contribution < 1.29 is 43.2 Å². The zero-order valence-electron chi connectivity index (χ0n) is 23.9. The third-order valence-electron chi connectivity index (χ3n) is 5.95. The number of esters is 2. The second-order valence-electron chi connectivity index (χ2n) is 10.2. The highest BCUT2D eigenvalue weighted by atomic mass is 16.7. The van der Waals surface area contributed by atoms with Gasteiger partial charge in [0, 0.05) is 18.8 Å². The van der Waals surface area contributed by atoms with Crippen LogP contribution in [0.15, 0.2) is 18.2 Å². The molecule has 3 N–H and O–H groups in total. The van der Waals surface area contributed by atoms with Crippen LogP contribution in [0, 0.1) is 5.92 Å². The molecule has 39 heavy (non-hydrogen) atoms. The molecule has 0 fully saturated rings. The van der Waals surface area contributed by atoms with Gasteiger partial charge in [-0.15, -0.1) is 0 Å². The van der Waals surface area contributed by atoms with E-state index in [0.717, 1.165) is 25.7 Å². The van der Waals surface area contributed by atoms with Gasteiger partial charge in [-0.2, -0.15) is 0 Å². The van der Waals surface area contributed by atoms with E-state index in [1.54, 1.807) is 13.0 Å². The van der Waals surface area contributed by atoms with Gasteiger partial charge in [0.25, 0.3) is 0 Å². The summed E-state index contributed by atoms with van der Waals surface area (Å²) in [6, 6.07) is 3.15. The molecule has 0 saturated heterocycles. The minimum Gasteiger partial charge on any atom is -0.480 e. The first-order valence-electron chi connectivity index (χ1n) is 13.8. The highest BCUT2D eigenvalue weighted by Crippen LogP contribution is 2.35. The van der Waals surface area contributed by atoms with Crippen LogP contribution < -0.4 is 15.2 Å². The topological polar surface area (TPSA) is 151 Å². The predicted octanol–water partition coefficient (Wildman–Crippen LogP) is 5.74. The Morgan fingerprint density at radius 3 is 1.95 bits per heavy atom. The first-order chi connectivity index (χ1) is 18.5. The van der Waals surface area contributed by atoms with Crippen molar-refractivity contribution in [1.82, 2.24) is 0 Å². The maximum atomic E-state index is 12.5. The van der Waals surface area contributed by atoms with Crippen LogP contribution in [0.5, 0.6) is 11.5 Å². The van der Waals surface area contributed by atoms with Crippen molar-refractivity contribution in [2.24, 2.45) is 11.7 Å².